The number of aryl methyl sites for hydroxylation is 1. The molecule has 1 aromatic carbocycles. The molecule has 0 N–H and O–H groups in total. The van der Waals surface area contributed by atoms with E-state index in [-0.39, 0.29) is 44.0 Å². The van der Waals surface area contributed by atoms with Crippen molar-refractivity contribution in [3.05, 3.63) is 59.3 Å². The highest BCUT2D eigenvalue weighted by Gasteiger charge is 2.28. The number of furan rings is 1. The van der Waals surface area contributed by atoms with E-state index in [1.54, 1.807) is 24.3 Å². The van der Waals surface area contributed by atoms with Crippen molar-refractivity contribution in [3.8, 4) is 0 Å². The van der Waals surface area contributed by atoms with Crippen LogP contribution in [0.4, 0.5) is 4.39 Å². The second-order valence-corrected chi connectivity index (χ2v) is 9.56. The van der Waals surface area contributed by atoms with E-state index in [1.165, 1.54) is 17.0 Å². The maximum absolute atomic E-state index is 13.2. The Kier molecular flexibility index (Phi) is 7.27. The monoisotopic (exact) mass is 438 g/mol. The lowest BCUT2D eigenvalue weighted by atomic mass is 10.2. The fraction of sp³-hybridized carbons (Fsp3) is 0.476. The molecule has 0 aliphatic carbocycles. The van der Waals surface area contributed by atoms with Crippen LogP contribution in [0.2, 0.25) is 0 Å². The Morgan fingerprint density at radius 3 is 2.47 bits per heavy atom. The van der Waals surface area contributed by atoms with Crippen molar-refractivity contribution >= 4 is 15.9 Å². The number of halogens is 1. The predicted octanol–water partition coefficient (Wildman–Crippen LogP) is 2.70. The third kappa shape index (κ3) is 6.38. The molecule has 0 spiro atoms. The van der Waals surface area contributed by atoms with Gasteiger partial charge in [0.25, 0.3) is 0 Å². The zero-order valence-electron chi connectivity index (χ0n) is 17.2. The number of rotatable bonds is 9. The van der Waals surface area contributed by atoms with Crippen molar-refractivity contribution in [1.29, 1.82) is 0 Å². The average Bonchev–Trinajstić information content (AvgIpc) is 3.33. The lowest BCUT2D eigenvalue weighted by molar-refractivity contribution is -0.133. The maximum Gasteiger partial charge on any atom is 0.238 e. The number of ether oxygens (including phenoxy) is 1. The highest BCUT2D eigenvalue weighted by atomic mass is 32.2. The van der Waals surface area contributed by atoms with Gasteiger partial charge in [0.2, 0.25) is 15.9 Å². The Balaban J connectivity index is 1.76. The maximum atomic E-state index is 13.2. The van der Waals surface area contributed by atoms with Gasteiger partial charge in [-0.25, -0.2) is 12.8 Å². The van der Waals surface area contributed by atoms with Crippen molar-refractivity contribution in [2.45, 2.75) is 39.0 Å². The molecule has 30 heavy (non-hydrogen) atoms. The molecule has 1 fully saturated rings. The summed E-state index contributed by atoms with van der Waals surface area (Å²) in [5.74, 6) is 0.582. The fourth-order valence-electron chi connectivity index (χ4n) is 3.38. The number of amides is 1. The summed E-state index contributed by atoms with van der Waals surface area (Å²) in [6, 6.07) is 9.44. The number of hydrogen-bond donors (Lipinski definition) is 0. The number of carbonyl (C=O) groups is 1. The molecular weight excluding hydrogens is 411 g/mol. The molecular formula is C21H27FN2O5S. The molecule has 1 amide bonds. The predicted molar refractivity (Wildman–Crippen MR) is 109 cm³/mol. The highest BCUT2D eigenvalue weighted by Crippen LogP contribution is 2.17. The summed E-state index contributed by atoms with van der Waals surface area (Å²) >= 11 is 0. The second-order valence-electron chi connectivity index (χ2n) is 7.58. The van der Waals surface area contributed by atoms with Gasteiger partial charge >= 0.3 is 0 Å². The van der Waals surface area contributed by atoms with Crippen LogP contribution in [0.15, 0.2) is 40.8 Å². The van der Waals surface area contributed by atoms with Crippen LogP contribution in [0.1, 0.15) is 29.9 Å². The van der Waals surface area contributed by atoms with Crippen LogP contribution in [-0.4, -0.2) is 55.6 Å². The molecule has 0 radical (unpaired) electrons. The summed E-state index contributed by atoms with van der Waals surface area (Å²) in [5.41, 5.74) is 0.734. The molecule has 1 aliphatic rings. The molecule has 3 rings (SSSR count). The van der Waals surface area contributed by atoms with Gasteiger partial charge in [-0.2, -0.15) is 4.31 Å². The third-order valence-corrected chi connectivity index (χ3v) is 6.21. The smallest absolute Gasteiger partial charge is 0.238 e. The van der Waals surface area contributed by atoms with E-state index in [0.29, 0.717) is 12.4 Å². The Hall–Kier alpha value is -2.23. The summed E-state index contributed by atoms with van der Waals surface area (Å²) in [7, 11) is -3.60. The lowest BCUT2D eigenvalue weighted by Crippen LogP contribution is -2.44. The summed E-state index contributed by atoms with van der Waals surface area (Å²) in [6.45, 7) is 2.65. The zero-order valence-corrected chi connectivity index (χ0v) is 18.0. The van der Waals surface area contributed by atoms with E-state index < -0.39 is 10.0 Å². The summed E-state index contributed by atoms with van der Waals surface area (Å²) < 4.78 is 50.1. The Bertz CT molecular complexity index is 952. The van der Waals surface area contributed by atoms with Crippen LogP contribution in [0.5, 0.6) is 0 Å². The van der Waals surface area contributed by atoms with Crippen LogP contribution < -0.4 is 0 Å². The summed E-state index contributed by atoms with van der Waals surface area (Å²) in [4.78, 5) is 14.6. The van der Waals surface area contributed by atoms with E-state index in [9.17, 15) is 17.6 Å². The van der Waals surface area contributed by atoms with E-state index in [1.807, 2.05) is 6.92 Å². The van der Waals surface area contributed by atoms with Gasteiger partial charge in [-0.05, 0) is 49.6 Å². The second kappa shape index (κ2) is 9.72. The molecule has 1 unspecified atom stereocenters. The minimum atomic E-state index is -3.60. The SMILES string of the molecule is Cc1ccc(CN(Cc2ccc(F)cc2)C(=O)CN(CC2CCCO2)S(C)(=O)=O)o1. The van der Waals surface area contributed by atoms with Gasteiger partial charge in [0.15, 0.2) is 0 Å². The standard InChI is InChI=1S/C21H27FN2O5S/c1-16-5-10-20(29-16)13-23(12-17-6-8-18(22)9-7-17)21(25)15-24(30(2,26)27)14-19-4-3-11-28-19/h5-10,19H,3-4,11-15H2,1-2H3. The first-order valence-corrected chi connectivity index (χ1v) is 11.7. The van der Waals surface area contributed by atoms with Crippen molar-refractivity contribution in [2.24, 2.45) is 0 Å². The summed E-state index contributed by atoms with van der Waals surface area (Å²) in [5, 5.41) is 0. The largest absolute Gasteiger partial charge is 0.464 e. The first kappa shape index (κ1) is 22.5. The Labute approximate surface area is 176 Å². The van der Waals surface area contributed by atoms with Crippen molar-refractivity contribution < 1.29 is 26.8 Å². The van der Waals surface area contributed by atoms with E-state index in [4.69, 9.17) is 9.15 Å². The van der Waals surface area contributed by atoms with Crippen LogP contribution in [-0.2, 0) is 32.6 Å². The normalized spacial score (nSPS) is 16.9. The third-order valence-electron chi connectivity index (χ3n) is 4.99. The molecule has 0 bridgehead atoms. The van der Waals surface area contributed by atoms with Crippen LogP contribution in [0, 0.1) is 12.7 Å². The fourth-order valence-corrected chi connectivity index (χ4v) is 4.17. The number of hydrogen-bond acceptors (Lipinski definition) is 5. The molecule has 0 saturated carbocycles. The van der Waals surface area contributed by atoms with Crippen LogP contribution in [0.25, 0.3) is 0 Å². The first-order valence-electron chi connectivity index (χ1n) is 9.85. The first-order chi connectivity index (χ1) is 14.2. The van der Waals surface area contributed by atoms with Crippen molar-refractivity contribution in [2.75, 3.05) is 26.0 Å². The number of benzene rings is 1. The minimum absolute atomic E-state index is 0.148. The molecule has 1 aromatic heterocycles. The van der Waals surface area contributed by atoms with Gasteiger partial charge in [-0.3, -0.25) is 4.79 Å². The number of carbonyl (C=O) groups excluding carboxylic acids is 1. The van der Waals surface area contributed by atoms with E-state index >= 15 is 0 Å². The molecule has 1 aliphatic heterocycles. The molecule has 1 saturated heterocycles. The van der Waals surface area contributed by atoms with Gasteiger partial charge in [0.05, 0.1) is 25.4 Å². The van der Waals surface area contributed by atoms with Gasteiger partial charge in [0, 0.05) is 19.7 Å². The highest BCUT2D eigenvalue weighted by molar-refractivity contribution is 7.88. The molecule has 7 nitrogen and oxygen atoms in total. The lowest BCUT2D eigenvalue weighted by Gasteiger charge is -2.27. The topological polar surface area (TPSA) is 80.1 Å². The van der Waals surface area contributed by atoms with Crippen LogP contribution >= 0.6 is 0 Å². The van der Waals surface area contributed by atoms with E-state index in [0.717, 1.165) is 34.7 Å². The van der Waals surface area contributed by atoms with Gasteiger partial charge in [-0.15, -0.1) is 0 Å². The number of sulfonamides is 1. The summed E-state index contributed by atoms with van der Waals surface area (Å²) in [6.07, 6.45) is 2.54. The van der Waals surface area contributed by atoms with Gasteiger partial charge < -0.3 is 14.1 Å². The average molecular weight is 439 g/mol. The molecule has 1 atom stereocenters. The Morgan fingerprint density at radius 2 is 1.90 bits per heavy atom. The van der Waals surface area contributed by atoms with Gasteiger partial charge in [0.1, 0.15) is 17.3 Å². The van der Waals surface area contributed by atoms with Crippen LogP contribution in [0.3, 0.4) is 0 Å². The zero-order chi connectivity index (χ0) is 21.7. The van der Waals surface area contributed by atoms with E-state index in [2.05, 4.69) is 0 Å². The van der Waals surface area contributed by atoms with Crippen molar-refractivity contribution in [1.82, 2.24) is 9.21 Å². The van der Waals surface area contributed by atoms with Crippen molar-refractivity contribution in [3.63, 3.8) is 0 Å². The Morgan fingerprint density at radius 1 is 1.17 bits per heavy atom. The van der Waals surface area contributed by atoms with Gasteiger partial charge in [-0.1, -0.05) is 12.1 Å². The minimum Gasteiger partial charge on any atom is -0.464 e. The number of nitrogens with zero attached hydrogens (tertiary/aromatic N) is 2. The quantitative estimate of drug-likeness (QED) is 0.601. The molecule has 2 aromatic rings. The molecule has 9 heteroatoms. The molecule has 2 heterocycles. The molecule has 164 valence electrons.